The summed E-state index contributed by atoms with van der Waals surface area (Å²) >= 11 is 1.38. The van der Waals surface area contributed by atoms with Crippen molar-refractivity contribution in [1.29, 1.82) is 0 Å². The third-order valence-corrected chi connectivity index (χ3v) is 5.25. The highest BCUT2D eigenvalue weighted by atomic mass is 32.1. The Bertz CT molecular complexity index is 1110. The number of rotatable bonds is 8. The van der Waals surface area contributed by atoms with Gasteiger partial charge in [0.2, 0.25) is 5.91 Å². The van der Waals surface area contributed by atoms with Crippen molar-refractivity contribution in [2.45, 2.75) is 32.8 Å². The van der Waals surface area contributed by atoms with Gasteiger partial charge in [-0.25, -0.2) is 18.6 Å². The topological polar surface area (TPSA) is 88.5 Å². The zero-order valence-corrected chi connectivity index (χ0v) is 17.6. The number of carbonyl (C=O) groups is 2. The second-order valence-corrected chi connectivity index (χ2v) is 8.00. The number of amides is 1. The number of hydrogen-bond acceptors (Lipinski definition) is 5. The molecule has 162 valence electrons. The lowest BCUT2D eigenvalue weighted by atomic mass is 10.0. The smallest absolute Gasteiger partial charge is 0.335 e. The molecule has 3 aromatic rings. The van der Waals surface area contributed by atoms with Crippen LogP contribution in [0, 0.1) is 11.6 Å². The quantitative estimate of drug-likeness (QED) is 0.508. The fraction of sp³-hybridized carbons (Fsp3) is 0.227. The molecule has 0 aliphatic rings. The first kappa shape index (κ1) is 22.4. The molecular formula is C22H20F2N2O4S. The second kappa shape index (κ2) is 9.65. The number of carbonyl (C=O) groups excluding carboxylic acids is 1. The minimum absolute atomic E-state index is 0.000682. The Morgan fingerprint density at radius 3 is 2.61 bits per heavy atom. The Balaban J connectivity index is 1.71. The number of carboxylic acids is 1. The van der Waals surface area contributed by atoms with Gasteiger partial charge in [0.15, 0.2) is 11.6 Å². The van der Waals surface area contributed by atoms with Crippen LogP contribution in [0.2, 0.25) is 0 Å². The highest BCUT2D eigenvalue weighted by Crippen LogP contribution is 2.27. The third-order valence-electron chi connectivity index (χ3n) is 4.41. The maximum Gasteiger partial charge on any atom is 0.335 e. The molecule has 6 nitrogen and oxygen atoms in total. The summed E-state index contributed by atoms with van der Waals surface area (Å²) in [5, 5.41) is 14.1. The first-order chi connectivity index (χ1) is 14.7. The molecule has 0 aliphatic carbocycles. The Hall–Kier alpha value is -3.33. The maximum atomic E-state index is 14.2. The van der Waals surface area contributed by atoms with Crippen LogP contribution in [-0.4, -0.2) is 22.0 Å². The number of halogens is 2. The van der Waals surface area contributed by atoms with Crippen LogP contribution < -0.4 is 10.1 Å². The summed E-state index contributed by atoms with van der Waals surface area (Å²) in [4.78, 5) is 28.0. The summed E-state index contributed by atoms with van der Waals surface area (Å²) < 4.78 is 33.7. The molecule has 1 aromatic heterocycles. The molecule has 31 heavy (non-hydrogen) atoms. The highest BCUT2D eigenvalue weighted by Gasteiger charge is 2.17. The molecule has 0 fully saturated rings. The van der Waals surface area contributed by atoms with Crippen molar-refractivity contribution in [1.82, 2.24) is 4.98 Å². The lowest BCUT2D eigenvalue weighted by Crippen LogP contribution is -2.17. The molecule has 2 aromatic carbocycles. The molecule has 0 saturated heterocycles. The van der Waals surface area contributed by atoms with Crippen molar-refractivity contribution in [3.05, 3.63) is 75.2 Å². The van der Waals surface area contributed by atoms with Gasteiger partial charge < -0.3 is 15.2 Å². The molecular weight excluding hydrogens is 426 g/mol. The van der Waals surface area contributed by atoms with Crippen molar-refractivity contribution in [2.75, 3.05) is 5.32 Å². The van der Waals surface area contributed by atoms with E-state index in [1.165, 1.54) is 23.5 Å². The number of nitrogens with one attached hydrogen (secondary N) is 1. The Morgan fingerprint density at radius 2 is 1.94 bits per heavy atom. The molecule has 0 bridgehead atoms. The van der Waals surface area contributed by atoms with Crippen molar-refractivity contribution < 1.29 is 28.2 Å². The van der Waals surface area contributed by atoms with Gasteiger partial charge in [0.05, 0.1) is 23.4 Å². The zero-order chi connectivity index (χ0) is 22.5. The van der Waals surface area contributed by atoms with E-state index in [1.807, 2.05) is 19.2 Å². The first-order valence-electron chi connectivity index (χ1n) is 9.41. The Morgan fingerprint density at radius 1 is 1.19 bits per heavy atom. The molecule has 0 radical (unpaired) electrons. The number of aromatic carboxylic acids is 1. The van der Waals surface area contributed by atoms with Gasteiger partial charge in [-0.15, -0.1) is 11.3 Å². The molecule has 1 amide bonds. The van der Waals surface area contributed by atoms with E-state index in [4.69, 9.17) is 4.74 Å². The number of anilines is 1. The monoisotopic (exact) mass is 446 g/mol. The molecule has 2 N–H and O–H groups in total. The fourth-order valence-electron chi connectivity index (χ4n) is 2.78. The average Bonchev–Trinajstić information content (AvgIpc) is 3.19. The minimum atomic E-state index is -1.17. The summed E-state index contributed by atoms with van der Waals surface area (Å²) in [6.45, 7) is 4.01. The van der Waals surface area contributed by atoms with E-state index in [1.54, 1.807) is 12.1 Å². The van der Waals surface area contributed by atoms with Crippen LogP contribution >= 0.6 is 11.3 Å². The molecule has 0 aliphatic heterocycles. The molecule has 0 atom stereocenters. The van der Waals surface area contributed by atoms with Crippen LogP contribution in [-0.2, 0) is 17.8 Å². The number of aromatic nitrogens is 1. The van der Waals surface area contributed by atoms with Gasteiger partial charge in [0, 0.05) is 17.5 Å². The van der Waals surface area contributed by atoms with E-state index in [2.05, 4.69) is 10.3 Å². The molecule has 0 unspecified atom stereocenters. The average molecular weight is 446 g/mol. The van der Waals surface area contributed by atoms with Crippen LogP contribution in [0.25, 0.3) is 0 Å². The number of carboxylic acid groups (broad SMARTS) is 1. The summed E-state index contributed by atoms with van der Waals surface area (Å²) in [5.41, 5.74) is 0.885. The number of benzene rings is 2. The normalized spacial score (nSPS) is 10.9. The maximum absolute atomic E-state index is 14.2. The van der Waals surface area contributed by atoms with Crippen LogP contribution in [0.1, 0.15) is 46.4 Å². The van der Waals surface area contributed by atoms with Gasteiger partial charge >= 0.3 is 5.97 Å². The third kappa shape index (κ3) is 5.64. The Labute approximate surface area is 181 Å². The van der Waals surface area contributed by atoms with Crippen LogP contribution in [0.4, 0.5) is 14.5 Å². The van der Waals surface area contributed by atoms with Crippen molar-refractivity contribution in [3.8, 4) is 5.75 Å². The lowest BCUT2D eigenvalue weighted by molar-refractivity contribution is -0.115. The molecule has 9 heteroatoms. The van der Waals surface area contributed by atoms with Crippen LogP contribution in [0.5, 0.6) is 5.75 Å². The summed E-state index contributed by atoms with van der Waals surface area (Å²) in [6, 6.07) is 7.69. The van der Waals surface area contributed by atoms with Gasteiger partial charge in [-0.3, -0.25) is 4.79 Å². The second-order valence-electron chi connectivity index (χ2n) is 7.06. The number of hydrogen-bond donors (Lipinski definition) is 2. The van der Waals surface area contributed by atoms with Gasteiger partial charge in [-0.1, -0.05) is 32.0 Å². The summed E-state index contributed by atoms with van der Waals surface area (Å²) in [7, 11) is 0. The first-order valence-corrected chi connectivity index (χ1v) is 10.3. The summed E-state index contributed by atoms with van der Waals surface area (Å²) in [5.74, 6) is -3.68. The van der Waals surface area contributed by atoms with Gasteiger partial charge in [0.25, 0.3) is 0 Å². The predicted octanol–water partition coefficient (Wildman–Crippen LogP) is 5.00. The van der Waals surface area contributed by atoms with E-state index in [0.717, 1.165) is 11.8 Å². The van der Waals surface area contributed by atoms with Crippen molar-refractivity contribution in [2.24, 2.45) is 0 Å². The number of ether oxygens (including phenoxy) is 1. The van der Waals surface area contributed by atoms with Crippen LogP contribution in [0.15, 0.2) is 41.8 Å². The standard InChI is InChI=1S/C22H20F2N2O4S/c1-12(2)18-11-31-21(26-18)10-30-19-9-17(15(23)8-16(19)24)25-20(27)7-13-5-3-4-6-14(13)22(28)29/h3-6,8-9,11-12H,7,10H2,1-2H3,(H,25,27)(H,28,29). The molecule has 1 heterocycles. The fourth-order valence-corrected chi connectivity index (χ4v) is 3.65. The molecule has 3 rings (SSSR count). The van der Waals surface area contributed by atoms with E-state index >= 15 is 0 Å². The van der Waals surface area contributed by atoms with E-state index in [-0.39, 0.29) is 41.5 Å². The lowest BCUT2D eigenvalue weighted by Gasteiger charge is -2.11. The van der Waals surface area contributed by atoms with Crippen molar-refractivity contribution in [3.63, 3.8) is 0 Å². The van der Waals surface area contributed by atoms with Crippen molar-refractivity contribution >= 4 is 28.9 Å². The minimum Gasteiger partial charge on any atom is -0.483 e. The van der Waals surface area contributed by atoms with Crippen LogP contribution in [0.3, 0.4) is 0 Å². The Kier molecular flexibility index (Phi) is 6.96. The van der Waals surface area contributed by atoms with Gasteiger partial charge in [0.1, 0.15) is 17.4 Å². The van der Waals surface area contributed by atoms with Gasteiger partial charge in [-0.05, 0) is 17.5 Å². The van der Waals surface area contributed by atoms with Gasteiger partial charge in [-0.2, -0.15) is 0 Å². The summed E-state index contributed by atoms with van der Waals surface area (Å²) in [6.07, 6.45) is -0.285. The van der Waals surface area contributed by atoms with E-state index in [0.29, 0.717) is 11.1 Å². The molecule has 0 spiro atoms. The highest BCUT2D eigenvalue weighted by molar-refractivity contribution is 7.09. The van der Waals surface area contributed by atoms with E-state index < -0.39 is 23.5 Å². The van der Waals surface area contributed by atoms with E-state index in [9.17, 15) is 23.5 Å². The largest absolute Gasteiger partial charge is 0.483 e. The predicted molar refractivity (Wildman–Crippen MR) is 113 cm³/mol. The number of thiazole rings is 1. The zero-order valence-electron chi connectivity index (χ0n) is 16.8. The number of nitrogens with zero attached hydrogens (tertiary/aromatic N) is 1. The SMILES string of the molecule is CC(C)c1csc(COc2cc(NC(=O)Cc3ccccc3C(=O)O)c(F)cc2F)n1. The molecule has 0 saturated carbocycles.